The number of ether oxygens (including phenoxy) is 2. The minimum Gasteiger partial charge on any atom is -0.484 e. The molecule has 0 saturated carbocycles. The Morgan fingerprint density at radius 1 is 1.14 bits per heavy atom. The third-order valence-corrected chi connectivity index (χ3v) is 8.06. The van der Waals surface area contributed by atoms with Gasteiger partial charge in [-0.1, -0.05) is 13.8 Å². The minimum absolute atomic E-state index is 0.0401. The smallest absolute Gasteiger partial charge is 0.262 e. The molecule has 1 aliphatic carbocycles. The van der Waals surface area contributed by atoms with Crippen LogP contribution in [0.4, 0.5) is 5.69 Å². The van der Waals surface area contributed by atoms with E-state index in [0.29, 0.717) is 29.8 Å². The van der Waals surface area contributed by atoms with Crippen LogP contribution in [0, 0.1) is 5.92 Å². The van der Waals surface area contributed by atoms with E-state index in [-0.39, 0.29) is 18.4 Å². The fourth-order valence-corrected chi connectivity index (χ4v) is 6.46. The lowest BCUT2D eigenvalue weighted by molar-refractivity contribution is -0.118. The Morgan fingerprint density at radius 2 is 2.00 bits per heavy atom. The van der Waals surface area contributed by atoms with Crippen molar-refractivity contribution in [2.45, 2.75) is 39.8 Å². The van der Waals surface area contributed by atoms with Crippen LogP contribution in [0.1, 0.15) is 41.0 Å². The first kappa shape index (κ1) is 26.1. The maximum atomic E-state index is 13.3. The molecule has 7 rings (SSSR count). The summed E-state index contributed by atoms with van der Waals surface area (Å²) in [6, 6.07) is 9.40. The van der Waals surface area contributed by atoms with Gasteiger partial charge in [0.15, 0.2) is 6.61 Å². The average Bonchev–Trinajstić information content (AvgIpc) is 3.64. The van der Waals surface area contributed by atoms with E-state index in [1.165, 1.54) is 17.3 Å². The number of amides is 2. The second-order valence-electron chi connectivity index (χ2n) is 11.4. The first-order valence-corrected chi connectivity index (χ1v) is 14.2. The highest BCUT2D eigenvalue weighted by Gasteiger charge is 2.35. The maximum absolute atomic E-state index is 13.3. The number of nitrogens with one attached hydrogen (secondary N) is 2. The van der Waals surface area contributed by atoms with Crippen molar-refractivity contribution in [1.29, 1.82) is 0 Å². The van der Waals surface area contributed by atoms with Crippen molar-refractivity contribution < 1.29 is 19.1 Å². The lowest BCUT2D eigenvalue weighted by Gasteiger charge is -2.22. The zero-order chi connectivity index (χ0) is 29.1. The number of hydrogen-bond acceptors (Lipinski definition) is 6. The molecule has 1 aliphatic heterocycles. The van der Waals surface area contributed by atoms with E-state index in [2.05, 4.69) is 40.1 Å². The van der Waals surface area contributed by atoms with Crippen LogP contribution in [0.2, 0.25) is 0 Å². The number of benzene rings is 2. The molecule has 3 aromatic heterocycles. The van der Waals surface area contributed by atoms with Gasteiger partial charge in [0.05, 0.1) is 35.8 Å². The highest BCUT2D eigenvalue weighted by molar-refractivity contribution is 6.19. The van der Waals surface area contributed by atoms with E-state index in [1.54, 1.807) is 19.2 Å². The second-order valence-corrected chi connectivity index (χ2v) is 11.4. The molecule has 0 unspecified atom stereocenters. The molecule has 0 saturated heterocycles. The summed E-state index contributed by atoms with van der Waals surface area (Å²) in [6.07, 6.45) is 5.22. The maximum Gasteiger partial charge on any atom is 0.262 e. The van der Waals surface area contributed by atoms with Gasteiger partial charge in [-0.2, -0.15) is 5.10 Å². The topological polar surface area (TPSA) is 112 Å². The summed E-state index contributed by atoms with van der Waals surface area (Å²) in [5.41, 5.74) is 8.92. The van der Waals surface area contributed by atoms with Gasteiger partial charge in [-0.25, -0.2) is 4.98 Å². The molecule has 5 aromatic rings. The molecule has 0 fully saturated rings. The lowest BCUT2D eigenvalue weighted by atomic mass is 9.82. The summed E-state index contributed by atoms with van der Waals surface area (Å²) < 4.78 is 15.3. The summed E-state index contributed by atoms with van der Waals surface area (Å²) in [6.45, 7) is 5.59. The van der Waals surface area contributed by atoms with Gasteiger partial charge in [-0.3, -0.25) is 14.3 Å². The van der Waals surface area contributed by atoms with Gasteiger partial charge in [0.1, 0.15) is 5.75 Å². The summed E-state index contributed by atoms with van der Waals surface area (Å²) in [4.78, 5) is 30.1. The number of carbonyl (C=O) groups excluding carboxylic acids is 2. The lowest BCUT2D eigenvalue weighted by Crippen LogP contribution is -2.20. The number of aryl methyl sites for hydroxylation is 3. The van der Waals surface area contributed by atoms with E-state index in [1.807, 2.05) is 30.1 Å². The van der Waals surface area contributed by atoms with Gasteiger partial charge in [-0.05, 0) is 54.2 Å². The van der Waals surface area contributed by atoms with Crippen molar-refractivity contribution in [3.8, 4) is 22.8 Å². The number of anilines is 1. The molecule has 10 heteroatoms. The Bertz CT molecular complexity index is 1900. The molecule has 4 heterocycles. The highest BCUT2D eigenvalue weighted by atomic mass is 16.5. The predicted molar refractivity (Wildman–Crippen MR) is 160 cm³/mol. The number of nitrogens with zero attached hydrogens (tertiary/aromatic N) is 4. The summed E-state index contributed by atoms with van der Waals surface area (Å²) in [5, 5.41) is 12.7. The van der Waals surface area contributed by atoms with Crippen molar-refractivity contribution in [3.63, 3.8) is 0 Å². The number of methoxy groups -OCH3 is 1. The molecular formula is C32H32N6O4. The van der Waals surface area contributed by atoms with Gasteiger partial charge in [-0.15, -0.1) is 0 Å². The zero-order valence-corrected chi connectivity index (χ0v) is 24.1. The third kappa shape index (κ3) is 4.17. The molecule has 42 heavy (non-hydrogen) atoms. The quantitative estimate of drug-likeness (QED) is 0.299. The fraction of sp³-hybridized carbons (Fsp3) is 0.312. The van der Waals surface area contributed by atoms with Crippen LogP contribution in [0.3, 0.4) is 0 Å². The fourth-order valence-electron chi connectivity index (χ4n) is 6.46. The third-order valence-electron chi connectivity index (χ3n) is 8.06. The molecular weight excluding hydrogens is 532 g/mol. The van der Waals surface area contributed by atoms with E-state index in [4.69, 9.17) is 14.6 Å². The number of carbonyl (C=O) groups is 2. The number of pyridine rings is 1. The van der Waals surface area contributed by atoms with Crippen LogP contribution in [-0.2, 0) is 37.8 Å². The van der Waals surface area contributed by atoms with E-state index in [9.17, 15) is 9.59 Å². The molecule has 2 aliphatic rings. The molecule has 2 N–H and O–H groups in total. The van der Waals surface area contributed by atoms with E-state index >= 15 is 0 Å². The molecule has 10 nitrogen and oxygen atoms in total. The molecule has 0 spiro atoms. The Balaban J connectivity index is 1.33. The molecule has 2 amide bonds. The monoisotopic (exact) mass is 564 g/mol. The Kier molecular flexibility index (Phi) is 6.14. The first-order chi connectivity index (χ1) is 20.3. The standard InChI is InChI=1S/C32H32N6O4/c1-17(2)14-38-25-9-6-19(42-16-26(39)35-18-5-10-27(41-4)33-12-18)11-21(25)29-22-13-34-32(40)30(22)28-20(31(29)38)7-8-24-23(28)15-37(3)36-24/h5-6,9-12,15,17H,7-8,13-14,16H2,1-4H3,(H,34,40)(H,35,39). The normalized spacial score (nSPS) is 13.7. The van der Waals surface area contributed by atoms with E-state index in [0.717, 1.165) is 63.6 Å². The van der Waals surface area contributed by atoms with Crippen molar-refractivity contribution in [3.05, 3.63) is 65.1 Å². The molecule has 0 bridgehead atoms. The van der Waals surface area contributed by atoms with Gasteiger partial charge >= 0.3 is 0 Å². The van der Waals surface area contributed by atoms with Gasteiger partial charge in [0.2, 0.25) is 5.88 Å². The minimum atomic E-state index is -0.290. The van der Waals surface area contributed by atoms with Gasteiger partial charge < -0.3 is 24.7 Å². The number of fused-ring (bicyclic) bond motifs is 10. The summed E-state index contributed by atoms with van der Waals surface area (Å²) in [5.74, 6) is 1.15. The molecule has 0 radical (unpaired) electrons. The first-order valence-electron chi connectivity index (χ1n) is 14.2. The van der Waals surface area contributed by atoms with Crippen LogP contribution in [-0.4, -0.2) is 44.9 Å². The summed E-state index contributed by atoms with van der Waals surface area (Å²) in [7, 11) is 3.47. The Labute approximate surface area is 242 Å². The molecule has 2 aromatic carbocycles. The van der Waals surface area contributed by atoms with Gasteiger partial charge in [0, 0.05) is 59.8 Å². The Hall–Kier alpha value is -4.86. The van der Waals surface area contributed by atoms with Crippen LogP contribution >= 0.6 is 0 Å². The van der Waals surface area contributed by atoms with Crippen LogP contribution < -0.4 is 20.1 Å². The van der Waals surface area contributed by atoms with Crippen LogP contribution in [0.15, 0.2) is 42.7 Å². The van der Waals surface area contributed by atoms with Crippen LogP contribution in [0.25, 0.3) is 32.9 Å². The van der Waals surface area contributed by atoms with Crippen LogP contribution in [0.5, 0.6) is 11.6 Å². The van der Waals surface area contributed by atoms with Gasteiger partial charge in [0.25, 0.3) is 11.8 Å². The summed E-state index contributed by atoms with van der Waals surface area (Å²) >= 11 is 0. The van der Waals surface area contributed by atoms with Crippen molar-refractivity contribution in [1.82, 2.24) is 24.6 Å². The largest absolute Gasteiger partial charge is 0.484 e. The average molecular weight is 565 g/mol. The SMILES string of the molecule is COc1ccc(NC(=O)COc2ccc3c(c2)c2c4c(c5c(c2n3CC(C)C)CCc2nn(C)cc2-5)C(=O)NC4)cn1. The predicted octanol–water partition coefficient (Wildman–Crippen LogP) is 4.61. The van der Waals surface area contributed by atoms with Crippen molar-refractivity contribution in [2.24, 2.45) is 13.0 Å². The molecule has 0 atom stereocenters. The highest BCUT2D eigenvalue weighted by Crippen LogP contribution is 2.47. The Morgan fingerprint density at radius 3 is 2.76 bits per heavy atom. The number of rotatable bonds is 7. The van der Waals surface area contributed by atoms with Crippen molar-refractivity contribution in [2.75, 3.05) is 19.0 Å². The number of aromatic nitrogens is 4. The number of hydrogen-bond donors (Lipinski definition) is 2. The van der Waals surface area contributed by atoms with E-state index < -0.39 is 0 Å². The van der Waals surface area contributed by atoms with Crippen molar-refractivity contribution >= 4 is 39.3 Å². The zero-order valence-electron chi connectivity index (χ0n) is 24.1. The molecule has 214 valence electrons. The second kappa shape index (κ2) is 9.90.